The highest BCUT2D eigenvalue weighted by molar-refractivity contribution is 7.07. The Labute approximate surface area is 93.9 Å². The summed E-state index contributed by atoms with van der Waals surface area (Å²) in [6.07, 6.45) is 5.73. The number of hydrogen-bond acceptors (Lipinski definition) is 2. The van der Waals surface area contributed by atoms with E-state index in [9.17, 15) is 9.90 Å². The maximum absolute atomic E-state index is 11.4. The lowest BCUT2D eigenvalue weighted by molar-refractivity contribution is -0.151. The minimum Gasteiger partial charge on any atom is -0.481 e. The molecule has 0 radical (unpaired) electrons. The SMILES string of the molecule is O=C(O)C1(Cc2ccsc2)CCCCC1. The summed E-state index contributed by atoms with van der Waals surface area (Å²) in [5.74, 6) is -0.603. The van der Waals surface area contributed by atoms with Crippen LogP contribution in [0.15, 0.2) is 16.8 Å². The molecule has 0 bridgehead atoms. The summed E-state index contributed by atoms with van der Waals surface area (Å²) in [6.45, 7) is 0. The molecule has 0 atom stereocenters. The van der Waals surface area contributed by atoms with Gasteiger partial charge in [0.2, 0.25) is 0 Å². The predicted octanol–water partition coefficient (Wildman–Crippen LogP) is 3.33. The Balaban J connectivity index is 2.15. The lowest BCUT2D eigenvalue weighted by Gasteiger charge is -2.32. The number of thiophene rings is 1. The van der Waals surface area contributed by atoms with Crippen molar-refractivity contribution in [3.05, 3.63) is 22.4 Å². The van der Waals surface area contributed by atoms with Crippen molar-refractivity contribution >= 4 is 17.3 Å². The molecule has 1 heterocycles. The molecule has 15 heavy (non-hydrogen) atoms. The van der Waals surface area contributed by atoms with Gasteiger partial charge in [0.1, 0.15) is 0 Å². The highest BCUT2D eigenvalue weighted by atomic mass is 32.1. The Morgan fingerprint density at radius 1 is 1.40 bits per heavy atom. The fourth-order valence-corrected chi connectivity index (χ4v) is 3.15. The second kappa shape index (κ2) is 4.35. The lowest BCUT2D eigenvalue weighted by Crippen LogP contribution is -2.35. The van der Waals surface area contributed by atoms with Crippen LogP contribution in [0.25, 0.3) is 0 Å². The Hall–Kier alpha value is -0.830. The standard InChI is InChI=1S/C12H16O2S/c13-11(14)12(5-2-1-3-6-12)8-10-4-7-15-9-10/h4,7,9H,1-3,5-6,8H2,(H,13,14). The van der Waals surface area contributed by atoms with Gasteiger partial charge in [0.15, 0.2) is 0 Å². The van der Waals surface area contributed by atoms with Crippen LogP contribution in [-0.2, 0) is 11.2 Å². The van der Waals surface area contributed by atoms with Crippen LogP contribution in [0.4, 0.5) is 0 Å². The topological polar surface area (TPSA) is 37.3 Å². The Morgan fingerprint density at radius 2 is 2.13 bits per heavy atom. The quantitative estimate of drug-likeness (QED) is 0.855. The highest BCUT2D eigenvalue weighted by Crippen LogP contribution is 2.39. The van der Waals surface area contributed by atoms with Gasteiger partial charge in [0.05, 0.1) is 5.41 Å². The van der Waals surface area contributed by atoms with Crippen LogP contribution in [0.1, 0.15) is 37.7 Å². The third-order valence-electron chi connectivity index (χ3n) is 3.39. The molecule has 1 saturated carbocycles. The number of hydrogen-bond donors (Lipinski definition) is 1. The summed E-state index contributed by atoms with van der Waals surface area (Å²) in [6, 6.07) is 2.05. The molecule has 0 aromatic carbocycles. The van der Waals surface area contributed by atoms with Crippen molar-refractivity contribution < 1.29 is 9.90 Å². The number of carbonyl (C=O) groups is 1. The minimum atomic E-state index is -0.603. The molecule has 1 aromatic rings. The molecule has 0 aliphatic heterocycles. The molecule has 1 N–H and O–H groups in total. The van der Waals surface area contributed by atoms with Crippen LogP contribution in [0.2, 0.25) is 0 Å². The second-order valence-electron chi connectivity index (χ2n) is 4.45. The van der Waals surface area contributed by atoms with E-state index in [1.165, 1.54) is 12.0 Å². The smallest absolute Gasteiger partial charge is 0.309 e. The molecule has 2 nitrogen and oxygen atoms in total. The van der Waals surface area contributed by atoms with E-state index in [1.54, 1.807) is 11.3 Å². The minimum absolute atomic E-state index is 0.473. The van der Waals surface area contributed by atoms with Gasteiger partial charge in [-0.15, -0.1) is 0 Å². The van der Waals surface area contributed by atoms with Gasteiger partial charge < -0.3 is 5.11 Å². The van der Waals surface area contributed by atoms with E-state index in [2.05, 4.69) is 5.38 Å². The van der Waals surface area contributed by atoms with E-state index in [0.29, 0.717) is 6.42 Å². The van der Waals surface area contributed by atoms with Crippen molar-refractivity contribution in [1.82, 2.24) is 0 Å². The van der Waals surface area contributed by atoms with Gasteiger partial charge in [-0.1, -0.05) is 19.3 Å². The van der Waals surface area contributed by atoms with Crippen molar-refractivity contribution in [3.8, 4) is 0 Å². The van der Waals surface area contributed by atoms with Gasteiger partial charge in [-0.2, -0.15) is 11.3 Å². The van der Waals surface area contributed by atoms with Crippen molar-refractivity contribution in [3.63, 3.8) is 0 Å². The molecule has 3 heteroatoms. The molecule has 1 aliphatic rings. The van der Waals surface area contributed by atoms with Gasteiger partial charge in [-0.3, -0.25) is 4.79 Å². The summed E-state index contributed by atoms with van der Waals surface area (Å²) >= 11 is 1.65. The van der Waals surface area contributed by atoms with Crippen LogP contribution in [0, 0.1) is 5.41 Å². The third-order valence-corrected chi connectivity index (χ3v) is 4.12. The second-order valence-corrected chi connectivity index (χ2v) is 5.23. The molecular weight excluding hydrogens is 208 g/mol. The molecule has 0 amide bonds. The maximum Gasteiger partial charge on any atom is 0.309 e. The number of rotatable bonds is 3. The Bertz CT molecular complexity index is 323. The maximum atomic E-state index is 11.4. The molecule has 1 aromatic heterocycles. The first kappa shape index (κ1) is 10.7. The molecule has 2 rings (SSSR count). The van der Waals surface area contributed by atoms with Crippen molar-refractivity contribution in [2.75, 3.05) is 0 Å². The number of aliphatic carboxylic acids is 1. The van der Waals surface area contributed by atoms with E-state index in [1.807, 2.05) is 11.4 Å². The zero-order valence-corrected chi connectivity index (χ0v) is 9.55. The van der Waals surface area contributed by atoms with Gasteiger partial charge in [0, 0.05) is 0 Å². The lowest BCUT2D eigenvalue weighted by atomic mass is 9.71. The number of carboxylic acids is 1. The molecule has 0 spiro atoms. The zero-order valence-electron chi connectivity index (χ0n) is 8.74. The first-order valence-electron chi connectivity index (χ1n) is 5.47. The van der Waals surface area contributed by atoms with Crippen LogP contribution < -0.4 is 0 Å². The third kappa shape index (κ3) is 2.23. The van der Waals surface area contributed by atoms with Gasteiger partial charge in [-0.05, 0) is 41.7 Å². The zero-order chi connectivity index (χ0) is 10.7. The van der Waals surface area contributed by atoms with Crippen LogP contribution >= 0.6 is 11.3 Å². The van der Waals surface area contributed by atoms with E-state index >= 15 is 0 Å². The highest BCUT2D eigenvalue weighted by Gasteiger charge is 2.39. The normalized spacial score (nSPS) is 20.0. The summed E-state index contributed by atoms with van der Waals surface area (Å²) in [4.78, 5) is 11.4. The fourth-order valence-electron chi connectivity index (χ4n) is 2.48. The first-order valence-corrected chi connectivity index (χ1v) is 6.42. The van der Waals surface area contributed by atoms with Gasteiger partial charge in [-0.25, -0.2) is 0 Å². The molecular formula is C12H16O2S. The Morgan fingerprint density at radius 3 is 2.67 bits per heavy atom. The van der Waals surface area contributed by atoms with Crippen LogP contribution in [-0.4, -0.2) is 11.1 Å². The Kier molecular flexibility index (Phi) is 3.10. The monoisotopic (exact) mass is 224 g/mol. The largest absolute Gasteiger partial charge is 0.481 e. The molecule has 1 aliphatic carbocycles. The van der Waals surface area contributed by atoms with E-state index in [-0.39, 0.29) is 0 Å². The van der Waals surface area contributed by atoms with Gasteiger partial charge >= 0.3 is 5.97 Å². The predicted molar refractivity (Wildman–Crippen MR) is 61.2 cm³/mol. The summed E-state index contributed by atoms with van der Waals surface area (Å²) in [5.41, 5.74) is 0.712. The molecule has 0 unspecified atom stereocenters. The average molecular weight is 224 g/mol. The van der Waals surface area contributed by atoms with Crippen LogP contribution in [0.5, 0.6) is 0 Å². The fraction of sp³-hybridized carbons (Fsp3) is 0.583. The van der Waals surface area contributed by atoms with Crippen molar-refractivity contribution in [2.45, 2.75) is 38.5 Å². The van der Waals surface area contributed by atoms with E-state index in [4.69, 9.17) is 0 Å². The summed E-state index contributed by atoms with van der Waals surface area (Å²) in [7, 11) is 0. The summed E-state index contributed by atoms with van der Waals surface area (Å²) in [5, 5.41) is 13.5. The average Bonchev–Trinajstić information content (AvgIpc) is 2.71. The van der Waals surface area contributed by atoms with E-state index < -0.39 is 11.4 Å². The summed E-state index contributed by atoms with van der Waals surface area (Å²) < 4.78 is 0. The van der Waals surface area contributed by atoms with Crippen molar-refractivity contribution in [2.24, 2.45) is 5.41 Å². The number of carboxylic acid groups (broad SMARTS) is 1. The van der Waals surface area contributed by atoms with Crippen LogP contribution in [0.3, 0.4) is 0 Å². The molecule has 0 saturated heterocycles. The van der Waals surface area contributed by atoms with E-state index in [0.717, 1.165) is 25.7 Å². The molecule has 82 valence electrons. The van der Waals surface area contributed by atoms with Crippen molar-refractivity contribution in [1.29, 1.82) is 0 Å². The molecule has 1 fully saturated rings. The van der Waals surface area contributed by atoms with Gasteiger partial charge in [0.25, 0.3) is 0 Å². The first-order chi connectivity index (χ1) is 7.23.